The van der Waals surface area contributed by atoms with Crippen LogP contribution in [0.5, 0.6) is 0 Å². The van der Waals surface area contributed by atoms with E-state index in [4.69, 9.17) is 0 Å². The molecule has 0 bridgehead atoms. The van der Waals surface area contributed by atoms with Gasteiger partial charge in [0.2, 0.25) is 0 Å². The summed E-state index contributed by atoms with van der Waals surface area (Å²) in [6, 6.07) is -0.278. The number of aliphatic hydroxyl groups excluding tert-OH is 1. The van der Waals surface area contributed by atoms with Crippen molar-refractivity contribution >= 4 is 22.5 Å². The molecule has 0 fully saturated rings. The minimum atomic E-state index is -0.495. The molecule has 0 saturated heterocycles. The van der Waals surface area contributed by atoms with Crippen LogP contribution in [-0.2, 0) is 6.54 Å². The summed E-state index contributed by atoms with van der Waals surface area (Å²) >= 11 is 1.54. The summed E-state index contributed by atoms with van der Waals surface area (Å²) in [5.41, 5.74) is 0.833. The molecule has 1 heterocycles. The summed E-state index contributed by atoms with van der Waals surface area (Å²) in [5, 5.41) is 18.2. The highest BCUT2D eigenvalue weighted by atomic mass is 32.1. The van der Waals surface area contributed by atoms with Crippen LogP contribution in [-0.4, -0.2) is 42.9 Å². The first-order valence-corrected chi connectivity index (χ1v) is 8.17. The molecule has 21 heavy (non-hydrogen) atoms. The topological polar surface area (TPSA) is 77.5 Å². The van der Waals surface area contributed by atoms with Gasteiger partial charge < -0.3 is 20.6 Å². The molecule has 0 aromatic carbocycles. The van der Waals surface area contributed by atoms with Crippen LogP contribution in [0.2, 0.25) is 0 Å². The first-order chi connectivity index (χ1) is 9.97. The molecule has 120 valence electrons. The predicted molar refractivity (Wildman–Crippen MR) is 86.8 cm³/mol. The number of urea groups is 1. The number of carbonyl (C=O) groups is 1. The first kappa shape index (κ1) is 17.7. The molecule has 2 amide bonds. The van der Waals surface area contributed by atoms with Gasteiger partial charge in [-0.25, -0.2) is 9.78 Å². The lowest BCUT2D eigenvalue weighted by atomic mass is 9.97. The van der Waals surface area contributed by atoms with Crippen molar-refractivity contribution in [2.75, 3.05) is 25.5 Å². The zero-order chi connectivity index (χ0) is 15.8. The Hall–Kier alpha value is -1.34. The summed E-state index contributed by atoms with van der Waals surface area (Å²) in [5.74, 6) is 0.228. The molecule has 1 rings (SSSR count). The summed E-state index contributed by atoms with van der Waals surface area (Å²) < 4.78 is 0. The molecule has 1 unspecified atom stereocenters. The zero-order valence-corrected chi connectivity index (χ0v) is 14.0. The quantitative estimate of drug-likeness (QED) is 0.684. The van der Waals surface area contributed by atoms with Gasteiger partial charge in [0.25, 0.3) is 0 Å². The molecule has 1 atom stereocenters. The van der Waals surface area contributed by atoms with Gasteiger partial charge >= 0.3 is 6.03 Å². The van der Waals surface area contributed by atoms with Gasteiger partial charge in [0.05, 0.1) is 18.3 Å². The number of aliphatic hydroxyl groups is 1. The van der Waals surface area contributed by atoms with Crippen molar-refractivity contribution in [3.05, 3.63) is 11.1 Å². The van der Waals surface area contributed by atoms with Crippen LogP contribution in [0.15, 0.2) is 5.38 Å². The maximum absolute atomic E-state index is 11.7. The summed E-state index contributed by atoms with van der Waals surface area (Å²) in [7, 11) is 3.87. The number of hydrogen-bond acceptors (Lipinski definition) is 5. The van der Waals surface area contributed by atoms with Gasteiger partial charge in [-0.3, -0.25) is 0 Å². The standard InChI is InChI=1S/C14H26N4O2S/c1-5-10(6-2)12(19)8-16-13(20)15-7-11-9-21-14(17-11)18(3)4/h9-10,12,19H,5-8H2,1-4H3,(H2,15,16,20). The van der Waals surface area contributed by atoms with Crippen LogP contribution in [0.3, 0.4) is 0 Å². The van der Waals surface area contributed by atoms with Crippen LogP contribution < -0.4 is 15.5 Å². The van der Waals surface area contributed by atoms with Crippen molar-refractivity contribution in [1.29, 1.82) is 0 Å². The molecule has 7 heteroatoms. The summed E-state index contributed by atoms with van der Waals surface area (Å²) in [4.78, 5) is 18.0. The van der Waals surface area contributed by atoms with Crippen molar-refractivity contribution in [3.63, 3.8) is 0 Å². The molecule has 6 nitrogen and oxygen atoms in total. The van der Waals surface area contributed by atoms with E-state index in [2.05, 4.69) is 15.6 Å². The Morgan fingerprint density at radius 2 is 2.05 bits per heavy atom. The Balaban J connectivity index is 2.30. The smallest absolute Gasteiger partial charge is 0.315 e. The number of nitrogens with one attached hydrogen (secondary N) is 2. The van der Waals surface area contributed by atoms with Gasteiger partial charge in [-0.2, -0.15) is 0 Å². The lowest BCUT2D eigenvalue weighted by Crippen LogP contribution is -2.41. The van der Waals surface area contributed by atoms with Gasteiger partial charge in [0.15, 0.2) is 5.13 Å². The van der Waals surface area contributed by atoms with E-state index >= 15 is 0 Å². The van der Waals surface area contributed by atoms with Gasteiger partial charge in [0, 0.05) is 26.0 Å². The average Bonchev–Trinajstić information content (AvgIpc) is 2.93. The number of anilines is 1. The Morgan fingerprint density at radius 3 is 2.57 bits per heavy atom. The van der Waals surface area contributed by atoms with Gasteiger partial charge in [-0.15, -0.1) is 11.3 Å². The van der Waals surface area contributed by atoms with Gasteiger partial charge in [-0.1, -0.05) is 26.7 Å². The van der Waals surface area contributed by atoms with Crippen LogP contribution in [0.4, 0.5) is 9.93 Å². The largest absolute Gasteiger partial charge is 0.391 e. The number of hydrogen-bond donors (Lipinski definition) is 3. The van der Waals surface area contributed by atoms with Gasteiger partial charge in [-0.05, 0) is 5.92 Å². The highest BCUT2D eigenvalue weighted by Gasteiger charge is 2.16. The van der Waals surface area contributed by atoms with Crippen molar-refractivity contribution in [2.45, 2.75) is 39.3 Å². The Kier molecular flexibility index (Phi) is 7.45. The van der Waals surface area contributed by atoms with E-state index < -0.39 is 6.10 Å². The second-order valence-corrected chi connectivity index (χ2v) is 6.06. The minimum absolute atomic E-state index is 0.228. The molecule has 1 aromatic rings. The number of thiazole rings is 1. The van der Waals surface area contributed by atoms with Crippen molar-refractivity contribution < 1.29 is 9.90 Å². The summed E-state index contributed by atoms with van der Waals surface area (Å²) in [6.07, 6.45) is 1.32. The second-order valence-electron chi connectivity index (χ2n) is 5.22. The highest BCUT2D eigenvalue weighted by Crippen LogP contribution is 2.17. The van der Waals surface area contributed by atoms with Crippen molar-refractivity contribution in [2.24, 2.45) is 5.92 Å². The fraction of sp³-hybridized carbons (Fsp3) is 0.714. The number of amides is 2. The fourth-order valence-electron chi connectivity index (χ4n) is 2.01. The molecule has 0 spiro atoms. The van der Waals surface area contributed by atoms with Crippen molar-refractivity contribution in [3.8, 4) is 0 Å². The lowest BCUT2D eigenvalue weighted by Gasteiger charge is -2.20. The molecule has 0 aliphatic rings. The molecular formula is C14H26N4O2S. The maximum Gasteiger partial charge on any atom is 0.315 e. The van der Waals surface area contributed by atoms with E-state index in [1.807, 2.05) is 38.2 Å². The van der Waals surface area contributed by atoms with E-state index in [9.17, 15) is 9.90 Å². The first-order valence-electron chi connectivity index (χ1n) is 7.29. The average molecular weight is 314 g/mol. The van der Waals surface area contributed by atoms with Crippen LogP contribution in [0.1, 0.15) is 32.4 Å². The molecule has 3 N–H and O–H groups in total. The van der Waals surface area contributed by atoms with E-state index in [0.29, 0.717) is 6.54 Å². The second kappa shape index (κ2) is 8.84. The molecule has 0 saturated carbocycles. The zero-order valence-electron chi connectivity index (χ0n) is 13.2. The SMILES string of the molecule is CCC(CC)C(O)CNC(=O)NCc1csc(N(C)C)n1. The Bertz CT molecular complexity index is 432. The van der Waals surface area contributed by atoms with Crippen molar-refractivity contribution in [1.82, 2.24) is 15.6 Å². The van der Waals surface area contributed by atoms with Gasteiger partial charge in [0.1, 0.15) is 0 Å². The maximum atomic E-state index is 11.7. The van der Waals surface area contributed by atoms with E-state index in [0.717, 1.165) is 23.7 Å². The molecule has 0 aliphatic carbocycles. The van der Waals surface area contributed by atoms with Crippen LogP contribution >= 0.6 is 11.3 Å². The van der Waals surface area contributed by atoms with Crippen LogP contribution in [0.25, 0.3) is 0 Å². The predicted octanol–water partition coefficient (Wildman–Crippen LogP) is 1.81. The highest BCUT2D eigenvalue weighted by molar-refractivity contribution is 7.13. The van der Waals surface area contributed by atoms with E-state index in [-0.39, 0.29) is 18.5 Å². The molecular weight excluding hydrogens is 288 g/mol. The minimum Gasteiger partial charge on any atom is -0.391 e. The third-order valence-electron chi connectivity index (χ3n) is 3.42. The third-order valence-corrected chi connectivity index (χ3v) is 4.47. The molecule has 1 aromatic heterocycles. The number of nitrogens with zero attached hydrogens (tertiary/aromatic N) is 2. The Labute approximate surface area is 130 Å². The summed E-state index contributed by atoms with van der Waals surface area (Å²) in [6.45, 7) is 4.75. The normalized spacial score (nSPS) is 12.3. The third kappa shape index (κ3) is 5.89. The number of rotatable bonds is 8. The molecule has 0 aliphatic heterocycles. The monoisotopic (exact) mass is 314 g/mol. The lowest BCUT2D eigenvalue weighted by molar-refractivity contribution is 0.103. The number of aromatic nitrogens is 1. The van der Waals surface area contributed by atoms with Crippen LogP contribution in [0, 0.1) is 5.92 Å². The van der Waals surface area contributed by atoms with E-state index in [1.54, 1.807) is 11.3 Å². The van der Waals surface area contributed by atoms with E-state index in [1.165, 1.54) is 0 Å². The number of carbonyl (C=O) groups excluding carboxylic acids is 1. The Morgan fingerprint density at radius 1 is 1.38 bits per heavy atom. The fourth-order valence-corrected chi connectivity index (χ4v) is 2.77. The molecule has 0 radical (unpaired) electrons.